The summed E-state index contributed by atoms with van der Waals surface area (Å²) in [6.07, 6.45) is 5.32. The fraction of sp³-hybridized carbons (Fsp3) is 0.765. The van der Waals surface area contributed by atoms with Gasteiger partial charge in [-0.05, 0) is 39.0 Å². The second kappa shape index (κ2) is 6.24. The number of rotatable bonds is 4. The summed E-state index contributed by atoms with van der Waals surface area (Å²) in [5.41, 5.74) is 1.30. The number of amides is 1. The fourth-order valence-electron chi connectivity index (χ4n) is 4.17. The van der Waals surface area contributed by atoms with Crippen LogP contribution in [-0.2, 0) is 11.3 Å². The van der Waals surface area contributed by atoms with Crippen LogP contribution < -0.4 is 0 Å². The topological polar surface area (TPSA) is 67.6 Å². The maximum Gasteiger partial charge on any atom is 0.257 e. The zero-order valence-corrected chi connectivity index (χ0v) is 14.3. The van der Waals surface area contributed by atoms with Crippen LogP contribution in [0.25, 0.3) is 0 Å². The summed E-state index contributed by atoms with van der Waals surface area (Å²) in [5.74, 6) is 0.0166. The average Bonchev–Trinajstić information content (AvgIpc) is 3.09. The van der Waals surface area contributed by atoms with Crippen molar-refractivity contribution in [2.24, 2.45) is 0 Å². The number of aryl methyl sites for hydroxylation is 1. The Bertz CT molecular complexity index is 586. The molecule has 1 saturated carbocycles. The van der Waals surface area contributed by atoms with E-state index >= 15 is 0 Å². The number of carbonyl (C=O) groups excluding carboxylic acids is 1. The van der Waals surface area contributed by atoms with Gasteiger partial charge >= 0.3 is 0 Å². The molecule has 2 fully saturated rings. The molecule has 128 valence electrons. The van der Waals surface area contributed by atoms with Gasteiger partial charge in [-0.2, -0.15) is 5.10 Å². The second-order valence-corrected chi connectivity index (χ2v) is 6.83. The Balaban J connectivity index is 1.85. The van der Waals surface area contributed by atoms with E-state index in [9.17, 15) is 9.90 Å². The number of aliphatic hydroxyl groups is 1. The largest absolute Gasteiger partial charge is 0.393 e. The van der Waals surface area contributed by atoms with Crippen LogP contribution in [0.2, 0.25) is 0 Å². The quantitative estimate of drug-likeness (QED) is 0.917. The van der Waals surface area contributed by atoms with Crippen LogP contribution >= 0.6 is 0 Å². The van der Waals surface area contributed by atoms with Crippen molar-refractivity contribution >= 4 is 5.91 Å². The lowest BCUT2D eigenvalue weighted by Gasteiger charge is -2.42. The van der Waals surface area contributed by atoms with Gasteiger partial charge in [0.15, 0.2) is 0 Å². The zero-order chi connectivity index (χ0) is 16.6. The minimum absolute atomic E-state index is 0.0166. The number of hydrogen-bond donors (Lipinski definition) is 1. The lowest BCUT2D eigenvalue weighted by Crippen LogP contribution is -2.52. The fourth-order valence-corrected chi connectivity index (χ4v) is 4.17. The van der Waals surface area contributed by atoms with Crippen LogP contribution in [-0.4, -0.2) is 57.1 Å². The van der Waals surface area contributed by atoms with Crippen LogP contribution in [0.15, 0.2) is 6.20 Å². The zero-order valence-electron chi connectivity index (χ0n) is 14.3. The van der Waals surface area contributed by atoms with E-state index in [1.54, 1.807) is 13.3 Å². The first-order chi connectivity index (χ1) is 11.0. The predicted molar refractivity (Wildman–Crippen MR) is 86.3 cm³/mol. The van der Waals surface area contributed by atoms with E-state index in [2.05, 4.69) is 12.0 Å². The number of likely N-dealkylation sites (tertiary alicyclic amines) is 1. The van der Waals surface area contributed by atoms with Crippen LogP contribution in [0.3, 0.4) is 0 Å². The van der Waals surface area contributed by atoms with Crippen molar-refractivity contribution in [1.82, 2.24) is 14.7 Å². The molecule has 6 heteroatoms. The summed E-state index contributed by atoms with van der Waals surface area (Å²) < 4.78 is 7.71. The molecule has 3 atom stereocenters. The van der Waals surface area contributed by atoms with Crippen molar-refractivity contribution in [2.45, 2.75) is 70.2 Å². The molecular formula is C17H27N3O3. The van der Waals surface area contributed by atoms with Gasteiger partial charge < -0.3 is 14.7 Å². The average molecular weight is 321 g/mol. The van der Waals surface area contributed by atoms with Gasteiger partial charge in [0.1, 0.15) is 0 Å². The number of aliphatic hydroxyl groups excluding tert-OH is 1. The molecule has 1 N–H and O–H groups in total. The molecule has 0 unspecified atom stereocenters. The number of carbonyl (C=O) groups is 1. The third kappa shape index (κ3) is 2.68. The van der Waals surface area contributed by atoms with Crippen LogP contribution in [0.4, 0.5) is 0 Å². The Morgan fingerprint density at radius 1 is 1.52 bits per heavy atom. The predicted octanol–water partition coefficient (Wildman–Crippen LogP) is 1.75. The molecule has 3 rings (SSSR count). The third-order valence-electron chi connectivity index (χ3n) is 5.59. The Hall–Kier alpha value is -1.40. The molecule has 0 spiro atoms. The Labute approximate surface area is 137 Å². The van der Waals surface area contributed by atoms with Gasteiger partial charge in [-0.1, -0.05) is 6.92 Å². The minimum atomic E-state index is -0.347. The van der Waals surface area contributed by atoms with Gasteiger partial charge in [-0.15, -0.1) is 0 Å². The number of ether oxygens (including phenoxy) is 1. The van der Waals surface area contributed by atoms with E-state index in [0.29, 0.717) is 18.5 Å². The molecular weight excluding hydrogens is 294 g/mol. The highest BCUT2D eigenvalue weighted by Crippen LogP contribution is 2.43. The van der Waals surface area contributed by atoms with Gasteiger partial charge in [-0.3, -0.25) is 9.48 Å². The van der Waals surface area contributed by atoms with E-state index in [1.165, 1.54) is 0 Å². The summed E-state index contributed by atoms with van der Waals surface area (Å²) in [7, 11) is 1.73. The standard InChI is InChI=1S/C17H27N3O3/c1-4-8-20-12(2)14(11-18-20)16(22)19-9-7-17(23-3)6-5-13(21)10-15(17)19/h11,13,15,21H,4-10H2,1-3H3/t13-,15-,17+/m0/s1. The van der Waals surface area contributed by atoms with Crippen molar-refractivity contribution in [3.63, 3.8) is 0 Å². The van der Waals surface area contributed by atoms with Crippen molar-refractivity contribution in [2.75, 3.05) is 13.7 Å². The molecule has 1 aromatic heterocycles. The molecule has 1 saturated heterocycles. The van der Waals surface area contributed by atoms with Crippen molar-refractivity contribution in [3.8, 4) is 0 Å². The molecule has 1 aliphatic carbocycles. The number of nitrogens with zero attached hydrogens (tertiary/aromatic N) is 3. The first-order valence-corrected chi connectivity index (χ1v) is 8.59. The van der Waals surface area contributed by atoms with E-state index in [0.717, 1.165) is 37.9 Å². The molecule has 2 aliphatic rings. The van der Waals surface area contributed by atoms with E-state index < -0.39 is 0 Å². The number of hydrogen-bond acceptors (Lipinski definition) is 4. The molecule has 2 heterocycles. The Morgan fingerprint density at radius 2 is 2.30 bits per heavy atom. The van der Waals surface area contributed by atoms with Crippen molar-refractivity contribution in [3.05, 3.63) is 17.5 Å². The number of methoxy groups -OCH3 is 1. The summed E-state index contributed by atoms with van der Waals surface area (Å²) in [6.45, 7) is 5.55. The second-order valence-electron chi connectivity index (χ2n) is 6.83. The van der Waals surface area contributed by atoms with Crippen molar-refractivity contribution < 1.29 is 14.6 Å². The molecule has 0 bridgehead atoms. The van der Waals surface area contributed by atoms with Gasteiger partial charge in [0, 0.05) is 25.9 Å². The lowest BCUT2D eigenvalue weighted by molar-refractivity contribution is -0.0824. The Morgan fingerprint density at radius 3 is 3.00 bits per heavy atom. The van der Waals surface area contributed by atoms with Gasteiger partial charge in [0.25, 0.3) is 5.91 Å². The highest BCUT2D eigenvalue weighted by molar-refractivity contribution is 5.95. The van der Waals surface area contributed by atoms with Crippen LogP contribution in [0.5, 0.6) is 0 Å². The monoisotopic (exact) mass is 321 g/mol. The normalized spacial score (nSPS) is 30.5. The highest BCUT2D eigenvalue weighted by Gasteiger charge is 2.52. The first-order valence-electron chi connectivity index (χ1n) is 8.59. The minimum Gasteiger partial charge on any atom is -0.393 e. The number of fused-ring (bicyclic) bond motifs is 1. The maximum atomic E-state index is 13.0. The molecule has 1 amide bonds. The van der Waals surface area contributed by atoms with Gasteiger partial charge in [0.2, 0.25) is 0 Å². The van der Waals surface area contributed by atoms with Gasteiger partial charge in [0.05, 0.1) is 29.5 Å². The molecule has 1 aromatic rings. The summed E-state index contributed by atoms with van der Waals surface area (Å²) in [4.78, 5) is 14.9. The molecule has 0 aromatic carbocycles. The molecule has 1 aliphatic heterocycles. The summed E-state index contributed by atoms with van der Waals surface area (Å²) >= 11 is 0. The SMILES string of the molecule is CCCn1ncc(C(=O)N2CC[C@]3(OC)CC[C@H](O)C[C@H]23)c1C. The van der Waals surface area contributed by atoms with E-state index in [4.69, 9.17) is 4.74 Å². The summed E-state index contributed by atoms with van der Waals surface area (Å²) in [6, 6.07) is -0.0438. The Kier molecular flexibility index (Phi) is 4.47. The van der Waals surface area contributed by atoms with E-state index in [-0.39, 0.29) is 23.7 Å². The maximum absolute atomic E-state index is 13.0. The first kappa shape index (κ1) is 16.5. The highest BCUT2D eigenvalue weighted by atomic mass is 16.5. The van der Waals surface area contributed by atoms with Crippen molar-refractivity contribution in [1.29, 1.82) is 0 Å². The summed E-state index contributed by atoms with van der Waals surface area (Å²) in [5, 5.41) is 14.4. The molecule has 6 nitrogen and oxygen atoms in total. The van der Waals surface area contributed by atoms with E-state index in [1.807, 2.05) is 16.5 Å². The lowest BCUT2D eigenvalue weighted by atomic mass is 9.79. The number of aromatic nitrogens is 2. The molecule has 23 heavy (non-hydrogen) atoms. The van der Waals surface area contributed by atoms with Crippen LogP contribution in [0.1, 0.15) is 55.1 Å². The molecule has 0 radical (unpaired) electrons. The third-order valence-corrected chi connectivity index (χ3v) is 5.59. The smallest absolute Gasteiger partial charge is 0.257 e. The van der Waals surface area contributed by atoms with Crippen LogP contribution in [0, 0.1) is 6.92 Å². The van der Waals surface area contributed by atoms with Gasteiger partial charge in [-0.25, -0.2) is 0 Å².